The Hall–Kier alpha value is -1.66. The Balaban J connectivity index is 2.28. The highest BCUT2D eigenvalue weighted by Gasteiger charge is 2.14. The molecule has 3 nitrogen and oxygen atoms in total. The van der Waals surface area contributed by atoms with Crippen LogP contribution in [0.15, 0.2) is 40.9 Å². The van der Waals surface area contributed by atoms with E-state index in [0.29, 0.717) is 15.8 Å². The fourth-order valence-corrected chi connectivity index (χ4v) is 2.18. The van der Waals surface area contributed by atoms with Gasteiger partial charge in [0.15, 0.2) is 0 Å². The summed E-state index contributed by atoms with van der Waals surface area (Å²) in [4.78, 5) is 0. The second-order valence-corrected chi connectivity index (χ2v) is 5.31. The number of halogens is 3. The molecular weight excluding hydrogens is 342 g/mol. The molecule has 0 aliphatic rings. The number of benzene rings is 2. The number of hydrogen-bond donors (Lipinski definition) is 2. The zero-order valence-corrected chi connectivity index (χ0v) is 13.0. The van der Waals surface area contributed by atoms with Crippen LogP contribution in [0.25, 0.3) is 0 Å². The van der Waals surface area contributed by atoms with E-state index in [1.54, 1.807) is 12.1 Å². The zero-order chi connectivity index (χ0) is 15.4. The lowest BCUT2D eigenvalue weighted by Gasteiger charge is -2.20. The first-order valence-corrected chi connectivity index (χ1v) is 7.09. The summed E-state index contributed by atoms with van der Waals surface area (Å²) in [5.74, 6) is -0.289. The van der Waals surface area contributed by atoms with E-state index in [-0.39, 0.29) is 18.0 Å². The molecule has 21 heavy (non-hydrogen) atoms. The third kappa shape index (κ3) is 3.71. The summed E-state index contributed by atoms with van der Waals surface area (Å²) in [6, 6.07) is 8.65. The van der Waals surface area contributed by atoms with Gasteiger partial charge in [-0.3, -0.25) is 0 Å². The molecule has 6 heteroatoms. The van der Waals surface area contributed by atoms with E-state index in [0.717, 1.165) is 0 Å². The number of methoxy groups -OCH3 is 1. The standard InChI is InChI=1S/C15H15BrF2N2O/c1-21-10-3-5-12(17)14(7-10)20-15(8-19)9-2-4-11(16)13(18)6-9/h2-7,15,20H,8,19H2,1H3. The van der Waals surface area contributed by atoms with Gasteiger partial charge in [-0.05, 0) is 45.8 Å². The van der Waals surface area contributed by atoms with E-state index in [4.69, 9.17) is 10.5 Å². The molecule has 1 unspecified atom stereocenters. The summed E-state index contributed by atoms with van der Waals surface area (Å²) in [7, 11) is 1.50. The normalized spacial score (nSPS) is 12.0. The summed E-state index contributed by atoms with van der Waals surface area (Å²) in [5, 5.41) is 2.97. The van der Waals surface area contributed by atoms with Gasteiger partial charge >= 0.3 is 0 Å². The summed E-state index contributed by atoms with van der Waals surface area (Å²) in [6.07, 6.45) is 0. The summed E-state index contributed by atoms with van der Waals surface area (Å²) in [6.45, 7) is 0.192. The fraction of sp³-hybridized carbons (Fsp3) is 0.200. The molecule has 0 fully saturated rings. The molecule has 2 aromatic rings. The van der Waals surface area contributed by atoms with Gasteiger partial charge in [0.25, 0.3) is 0 Å². The number of nitrogens with one attached hydrogen (secondary N) is 1. The zero-order valence-electron chi connectivity index (χ0n) is 11.4. The van der Waals surface area contributed by atoms with Crippen molar-refractivity contribution in [3.8, 4) is 5.75 Å². The van der Waals surface area contributed by atoms with Gasteiger partial charge in [0.05, 0.1) is 23.3 Å². The smallest absolute Gasteiger partial charge is 0.146 e. The SMILES string of the molecule is COc1ccc(F)c(NC(CN)c2ccc(Br)c(F)c2)c1. The van der Waals surface area contributed by atoms with Crippen molar-refractivity contribution in [3.05, 3.63) is 58.1 Å². The van der Waals surface area contributed by atoms with Crippen LogP contribution in [0, 0.1) is 11.6 Å². The topological polar surface area (TPSA) is 47.3 Å². The minimum Gasteiger partial charge on any atom is -0.497 e. The largest absolute Gasteiger partial charge is 0.497 e. The van der Waals surface area contributed by atoms with E-state index in [1.807, 2.05) is 0 Å². The Morgan fingerprint density at radius 2 is 1.95 bits per heavy atom. The van der Waals surface area contributed by atoms with Crippen molar-refractivity contribution in [2.24, 2.45) is 5.73 Å². The molecule has 112 valence electrons. The first-order chi connectivity index (χ1) is 10.0. The average Bonchev–Trinajstić information content (AvgIpc) is 2.49. The molecule has 0 aliphatic carbocycles. The molecular formula is C15H15BrF2N2O. The van der Waals surface area contributed by atoms with Gasteiger partial charge in [0.2, 0.25) is 0 Å². The molecule has 0 radical (unpaired) electrons. The van der Waals surface area contributed by atoms with E-state index in [9.17, 15) is 8.78 Å². The number of ether oxygens (including phenoxy) is 1. The average molecular weight is 357 g/mol. The van der Waals surface area contributed by atoms with Crippen LogP contribution in [0.1, 0.15) is 11.6 Å². The maximum absolute atomic E-state index is 13.8. The van der Waals surface area contributed by atoms with E-state index >= 15 is 0 Å². The first-order valence-electron chi connectivity index (χ1n) is 6.30. The summed E-state index contributed by atoms with van der Waals surface area (Å²) in [5.41, 5.74) is 6.61. The maximum atomic E-state index is 13.8. The predicted molar refractivity (Wildman–Crippen MR) is 82.5 cm³/mol. The van der Waals surface area contributed by atoms with Gasteiger partial charge in [-0.2, -0.15) is 0 Å². The van der Waals surface area contributed by atoms with Crippen LogP contribution in [0.4, 0.5) is 14.5 Å². The highest BCUT2D eigenvalue weighted by Crippen LogP contribution is 2.27. The first kappa shape index (κ1) is 15.7. The van der Waals surface area contributed by atoms with Crippen LogP contribution < -0.4 is 15.8 Å². The van der Waals surface area contributed by atoms with Crippen LogP contribution in [-0.4, -0.2) is 13.7 Å². The quantitative estimate of drug-likeness (QED) is 0.855. The molecule has 0 aromatic heterocycles. The maximum Gasteiger partial charge on any atom is 0.146 e. The van der Waals surface area contributed by atoms with Crippen molar-refractivity contribution in [3.63, 3.8) is 0 Å². The van der Waals surface area contributed by atoms with Crippen molar-refractivity contribution >= 4 is 21.6 Å². The lowest BCUT2D eigenvalue weighted by Crippen LogP contribution is -2.21. The minimum absolute atomic E-state index is 0.192. The number of hydrogen-bond acceptors (Lipinski definition) is 3. The van der Waals surface area contributed by atoms with Crippen LogP contribution in [-0.2, 0) is 0 Å². The Bertz CT molecular complexity index is 637. The monoisotopic (exact) mass is 356 g/mol. The predicted octanol–water partition coefficient (Wildman–Crippen LogP) is 3.85. The van der Waals surface area contributed by atoms with Gasteiger partial charge in [0.1, 0.15) is 17.4 Å². The van der Waals surface area contributed by atoms with Crippen molar-refractivity contribution in [2.75, 3.05) is 19.0 Å². The van der Waals surface area contributed by atoms with Crippen LogP contribution in [0.5, 0.6) is 5.75 Å². The Morgan fingerprint density at radius 3 is 2.57 bits per heavy atom. The van der Waals surface area contributed by atoms with Crippen LogP contribution in [0.2, 0.25) is 0 Å². The van der Waals surface area contributed by atoms with E-state index < -0.39 is 11.9 Å². The second kappa shape index (κ2) is 6.87. The van der Waals surface area contributed by atoms with Crippen molar-refractivity contribution < 1.29 is 13.5 Å². The van der Waals surface area contributed by atoms with Gasteiger partial charge in [0, 0.05) is 12.6 Å². The molecule has 2 rings (SSSR count). The van der Waals surface area contributed by atoms with Gasteiger partial charge in [-0.15, -0.1) is 0 Å². The molecule has 0 spiro atoms. The molecule has 0 saturated heterocycles. The van der Waals surface area contributed by atoms with Crippen molar-refractivity contribution in [1.82, 2.24) is 0 Å². The Labute approximate surface area is 130 Å². The molecule has 0 bridgehead atoms. The van der Waals surface area contributed by atoms with Crippen molar-refractivity contribution in [2.45, 2.75) is 6.04 Å². The molecule has 0 aliphatic heterocycles. The van der Waals surface area contributed by atoms with Gasteiger partial charge in [-0.25, -0.2) is 8.78 Å². The molecule has 0 saturated carbocycles. The fourth-order valence-electron chi connectivity index (χ4n) is 1.94. The number of nitrogens with two attached hydrogens (primary N) is 1. The third-order valence-corrected chi connectivity index (χ3v) is 3.73. The minimum atomic E-state index is -0.424. The molecule has 0 heterocycles. The lowest BCUT2D eigenvalue weighted by atomic mass is 10.1. The van der Waals surface area contributed by atoms with Crippen molar-refractivity contribution in [1.29, 1.82) is 0 Å². The van der Waals surface area contributed by atoms with E-state index in [2.05, 4.69) is 21.2 Å². The van der Waals surface area contributed by atoms with E-state index in [1.165, 1.54) is 31.4 Å². The van der Waals surface area contributed by atoms with Crippen LogP contribution >= 0.6 is 15.9 Å². The molecule has 0 amide bonds. The van der Waals surface area contributed by atoms with Gasteiger partial charge in [-0.1, -0.05) is 6.07 Å². The van der Waals surface area contributed by atoms with Crippen LogP contribution in [0.3, 0.4) is 0 Å². The summed E-state index contributed by atoms with van der Waals surface area (Å²) >= 11 is 3.09. The molecule has 3 N–H and O–H groups in total. The molecule has 2 aromatic carbocycles. The molecule has 1 atom stereocenters. The Kier molecular flexibility index (Phi) is 5.14. The third-order valence-electron chi connectivity index (χ3n) is 3.08. The Morgan fingerprint density at radius 1 is 1.19 bits per heavy atom. The number of rotatable bonds is 5. The summed E-state index contributed by atoms with van der Waals surface area (Å²) < 4.78 is 32.9. The van der Waals surface area contributed by atoms with Gasteiger partial charge < -0.3 is 15.8 Å². The highest BCUT2D eigenvalue weighted by atomic mass is 79.9. The number of anilines is 1. The second-order valence-electron chi connectivity index (χ2n) is 4.45. The highest BCUT2D eigenvalue weighted by molar-refractivity contribution is 9.10. The lowest BCUT2D eigenvalue weighted by molar-refractivity contribution is 0.414.